The van der Waals surface area contributed by atoms with E-state index in [4.69, 9.17) is 25.8 Å². The Kier molecular flexibility index (Phi) is 7.86. The third-order valence-electron chi connectivity index (χ3n) is 5.41. The number of amides is 1. The zero-order valence-electron chi connectivity index (χ0n) is 18.3. The summed E-state index contributed by atoms with van der Waals surface area (Å²) in [6.45, 7) is 0.720. The van der Waals surface area contributed by atoms with Gasteiger partial charge >= 0.3 is 0 Å². The van der Waals surface area contributed by atoms with Crippen LogP contribution in [0.1, 0.15) is 18.4 Å². The number of halogens is 1. The van der Waals surface area contributed by atoms with Crippen LogP contribution >= 0.6 is 11.6 Å². The van der Waals surface area contributed by atoms with Gasteiger partial charge in [-0.05, 0) is 48.7 Å². The Morgan fingerprint density at radius 2 is 1.75 bits per heavy atom. The first-order valence-corrected chi connectivity index (χ1v) is 11.9. The van der Waals surface area contributed by atoms with E-state index in [1.54, 1.807) is 32.4 Å². The number of sulfonamides is 1. The lowest BCUT2D eigenvalue weighted by molar-refractivity contribution is -0.126. The highest BCUT2D eigenvalue weighted by Gasteiger charge is 2.35. The summed E-state index contributed by atoms with van der Waals surface area (Å²) in [5.74, 6) is 0.743. The molecule has 8 nitrogen and oxygen atoms in total. The third kappa shape index (κ3) is 5.28. The van der Waals surface area contributed by atoms with E-state index in [0.717, 1.165) is 5.56 Å². The highest BCUT2D eigenvalue weighted by molar-refractivity contribution is 7.89. The maximum Gasteiger partial charge on any atom is 0.246 e. The summed E-state index contributed by atoms with van der Waals surface area (Å²) in [5, 5.41) is 3.20. The van der Waals surface area contributed by atoms with Gasteiger partial charge in [-0.1, -0.05) is 17.7 Å². The second-order valence-electron chi connectivity index (χ2n) is 7.40. The molecule has 0 aliphatic carbocycles. The highest BCUT2D eigenvalue weighted by atomic mass is 35.5. The van der Waals surface area contributed by atoms with Gasteiger partial charge in [0, 0.05) is 24.7 Å². The van der Waals surface area contributed by atoms with Crippen molar-refractivity contribution in [2.45, 2.75) is 24.3 Å². The van der Waals surface area contributed by atoms with Gasteiger partial charge < -0.3 is 19.5 Å². The summed E-state index contributed by atoms with van der Waals surface area (Å²) >= 11 is 6.02. The Morgan fingerprint density at radius 1 is 1.06 bits per heavy atom. The topological polar surface area (TPSA) is 94.2 Å². The Morgan fingerprint density at radius 3 is 2.44 bits per heavy atom. The molecule has 1 fully saturated rings. The number of rotatable bonds is 8. The van der Waals surface area contributed by atoms with Crippen molar-refractivity contribution in [3.63, 3.8) is 0 Å². The molecule has 174 valence electrons. The molecule has 1 N–H and O–H groups in total. The smallest absolute Gasteiger partial charge is 0.246 e. The standard InChI is InChI=1S/C22H27ClN2O6S/c1-29-18-8-6-15(11-20(18)31-3)13-24-22(26)16-5-4-10-25(14-16)32(27,28)21-12-17(23)7-9-19(21)30-2/h6-9,11-12,16H,4-5,10,13-14H2,1-3H3,(H,24,26)/t16-/m0/s1. The lowest BCUT2D eigenvalue weighted by atomic mass is 9.98. The molecule has 1 amide bonds. The Labute approximate surface area is 193 Å². The van der Waals surface area contributed by atoms with E-state index in [1.165, 1.54) is 23.5 Å². The van der Waals surface area contributed by atoms with Crippen molar-refractivity contribution in [3.05, 3.63) is 47.0 Å². The fourth-order valence-electron chi connectivity index (χ4n) is 3.69. The maximum absolute atomic E-state index is 13.2. The Balaban J connectivity index is 1.69. The molecule has 0 bridgehead atoms. The van der Waals surface area contributed by atoms with Gasteiger partial charge in [0.1, 0.15) is 10.6 Å². The van der Waals surface area contributed by atoms with Gasteiger partial charge in [0.25, 0.3) is 0 Å². The lowest BCUT2D eigenvalue weighted by Crippen LogP contribution is -2.45. The Bertz CT molecular complexity index is 1080. The predicted octanol–water partition coefficient (Wildman–Crippen LogP) is 3.08. The van der Waals surface area contributed by atoms with Crippen molar-refractivity contribution >= 4 is 27.5 Å². The minimum absolute atomic E-state index is 0.00103. The lowest BCUT2D eigenvalue weighted by Gasteiger charge is -2.31. The van der Waals surface area contributed by atoms with Crippen molar-refractivity contribution < 1.29 is 27.4 Å². The molecule has 1 heterocycles. The molecule has 0 saturated carbocycles. The summed E-state index contributed by atoms with van der Waals surface area (Å²) in [6.07, 6.45) is 1.19. The monoisotopic (exact) mass is 482 g/mol. The number of methoxy groups -OCH3 is 3. The summed E-state index contributed by atoms with van der Waals surface area (Å²) in [5.41, 5.74) is 0.847. The van der Waals surface area contributed by atoms with Crippen molar-refractivity contribution in [1.82, 2.24) is 9.62 Å². The minimum atomic E-state index is -3.86. The average molecular weight is 483 g/mol. The molecule has 0 radical (unpaired) electrons. The van der Waals surface area contributed by atoms with E-state index in [-0.39, 0.29) is 23.1 Å². The van der Waals surface area contributed by atoms with Gasteiger partial charge in [0.05, 0.1) is 27.2 Å². The van der Waals surface area contributed by atoms with Crippen LogP contribution in [0.15, 0.2) is 41.3 Å². The van der Waals surface area contributed by atoms with Gasteiger partial charge in [-0.2, -0.15) is 4.31 Å². The average Bonchev–Trinajstić information content (AvgIpc) is 2.82. The van der Waals surface area contributed by atoms with Crippen molar-refractivity contribution in [1.29, 1.82) is 0 Å². The second kappa shape index (κ2) is 10.4. The van der Waals surface area contributed by atoms with Crippen LogP contribution in [0.5, 0.6) is 17.2 Å². The number of hydrogen-bond donors (Lipinski definition) is 1. The van der Waals surface area contributed by atoms with Gasteiger partial charge in [0.2, 0.25) is 15.9 Å². The number of nitrogens with one attached hydrogen (secondary N) is 1. The fourth-order valence-corrected chi connectivity index (χ4v) is 5.63. The number of hydrogen-bond acceptors (Lipinski definition) is 6. The highest BCUT2D eigenvalue weighted by Crippen LogP contribution is 2.32. The Hall–Kier alpha value is -2.49. The molecule has 1 saturated heterocycles. The first-order chi connectivity index (χ1) is 15.3. The van der Waals surface area contributed by atoms with Crippen LogP contribution in [0.4, 0.5) is 0 Å². The van der Waals surface area contributed by atoms with Crippen LogP contribution in [0.25, 0.3) is 0 Å². The van der Waals surface area contributed by atoms with Gasteiger partial charge in [-0.25, -0.2) is 8.42 Å². The molecule has 2 aromatic rings. The van der Waals surface area contributed by atoms with Crippen LogP contribution in [-0.2, 0) is 21.4 Å². The molecule has 0 spiro atoms. The van der Waals surface area contributed by atoms with Crippen molar-refractivity contribution in [2.24, 2.45) is 5.92 Å². The first kappa shape index (κ1) is 24.2. The molecule has 0 unspecified atom stereocenters. The molecule has 3 rings (SSSR count). The van der Waals surface area contributed by atoms with Crippen LogP contribution in [-0.4, -0.2) is 53.0 Å². The van der Waals surface area contributed by atoms with E-state index in [9.17, 15) is 13.2 Å². The van der Waals surface area contributed by atoms with E-state index in [1.807, 2.05) is 6.07 Å². The number of nitrogens with zero attached hydrogens (tertiary/aromatic N) is 1. The maximum atomic E-state index is 13.2. The molecule has 1 atom stereocenters. The van der Waals surface area contributed by atoms with Gasteiger partial charge in [-0.15, -0.1) is 0 Å². The number of carbonyl (C=O) groups excluding carboxylic acids is 1. The minimum Gasteiger partial charge on any atom is -0.495 e. The quantitative estimate of drug-likeness (QED) is 0.621. The zero-order chi connectivity index (χ0) is 23.3. The predicted molar refractivity (Wildman–Crippen MR) is 121 cm³/mol. The summed E-state index contributed by atoms with van der Waals surface area (Å²) in [6, 6.07) is 9.86. The second-order valence-corrected chi connectivity index (χ2v) is 9.75. The largest absolute Gasteiger partial charge is 0.495 e. The van der Waals surface area contributed by atoms with Crippen molar-refractivity contribution in [2.75, 3.05) is 34.4 Å². The van der Waals surface area contributed by atoms with E-state index in [2.05, 4.69) is 5.32 Å². The molecular weight excluding hydrogens is 456 g/mol. The molecule has 2 aromatic carbocycles. The number of ether oxygens (including phenoxy) is 3. The van der Waals surface area contributed by atoms with Crippen molar-refractivity contribution in [3.8, 4) is 17.2 Å². The van der Waals surface area contributed by atoms with Crippen LogP contribution in [0.3, 0.4) is 0 Å². The first-order valence-electron chi connectivity index (χ1n) is 10.1. The molecule has 10 heteroatoms. The van der Waals surface area contributed by atoms with E-state index >= 15 is 0 Å². The van der Waals surface area contributed by atoms with E-state index < -0.39 is 15.9 Å². The SMILES string of the molecule is COc1ccc(CNC(=O)[C@H]2CCCN(S(=O)(=O)c3cc(Cl)ccc3OC)C2)cc1OC. The number of piperidine rings is 1. The van der Waals surface area contributed by atoms with Crippen LogP contribution < -0.4 is 19.5 Å². The van der Waals surface area contributed by atoms with E-state index in [0.29, 0.717) is 42.5 Å². The van der Waals surface area contributed by atoms with Gasteiger partial charge in [-0.3, -0.25) is 4.79 Å². The molecular formula is C22H27ClN2O6S. The fraction of sp³-hybridized carbons (Fsp3) is 0.409. The number of carbonyl (C=O) groups is 1. The molecule has 1 aliphatic heterocycles. The molecule has 0 aromatic heterocycles. The summed E-state index contributed by atoms with van der Waals surface area (Å²) in [4.78, 5) is 12.8. The summed E-state index contributed by atoms with van der Waals surface area (Å²) in [7, 11) is 0.646. The number of benzene rings is 2. The normalized spacial score (nSPS) is 16.9. The zero-order valence-corrected chi connectivity index (χ0v) is 19.8. The van der Waals surface area contributed by atoms with Crippen LogP contribution in [0.2, 0.25) is 5.02 Å². The third-order valence-corrected chi connectivity index (χ3v) is 7.53. The van der Waals surface area contributed by atoms with Crippen LogP contribution in [0, 0.1) is 5.92 Å². The molecule has 1 aliphatic rings. The van der Waals surface area contributed by atoms with Gasteiger partial charge in [0.15, 0.2) is 11.5 Å². The molecule has 32 heavy (non-hydrogen) atoms. The summed E-state index contributed by atoms with van der Waals surface area (Å²) < 4.78 is 43.5.